The fourth-order valence-corrected chi connectivity index (χ4v) is 3.49. The number of aryl methyl sites for hydroxylation is 2. The topological polar surface area (TPSA) is 93.8 Å². The summed E-state index contributed by atoms with van der Waals surface area (Å²) in [4.78, 5) is 24.7. The Hall–Kier alpha value is -2.55. The number of aromatic nitrogens is 7. The number of pyridine rings is 1. The first-order valence-electron chi connectivity index (χ1n) is 8.56. The van der Waals surface area contributed by atoms with E-state index < -0.39 is 0 Å². The number of nitrogens with zero attached hydrogens (tertiary/aromatic N) is 6. The summed E-state index contributed by atoms with van der Waals surface area (Å²) in [5.74, 6) is 1.01. The van der Waals surface area contributed by atoms with Gasteiger partial charge in [-0.05, 0) is 41.4 Å². The van der Waals surface area contributed by atoms with Crippen LogP contribution in [0.15, 0.2) is 27.9 Å². The van der Waals surface area contributed by atoms with Gasteiger partial charge in [-0.1, -0.05) is 19.8 Å². The Morgan fingerprint density at radius 2 is 2.12 bits per heavy atom. The second kappa shape index (κ2) is 6.64. The molecule has 0 aliphatic rings. The van der Waals surface area contributed by atoms with Gasteiger partial charge in [0.2, 0.25) is 5.78 Å². The van der Waals surface area contributed by atoms with Crippen molar-refractivity contribution in [1.29, 1.82) is 0 Å². The van der Waals surface area contributed by atoms with Crippen LogP contribution in [0.3, 0.4) is 0 Å². The Kier molecular flexibility index (Phi) is 4.31. The quantitative estimate of drug-likeness (QED) is 0.399. The molecule has 0 aromatic carbocycles. The molecule has 4 heterocycles. The Balaban J connectivity index is 2.02. The van der Waals surface area contributed by atoms with Crippen molar-refractivity contribution in [3.05, 3.63) is 39.1 Å². The van der Waals surface area contributed by atoms with Gasteiger partial charge in [0.05, 0.1) is 0 Å². The van der Waals surface area contributed by atoms with Crippen molar-refractivity contribution < 1.29 is 0 Å². The Bertz CT molecular complexity index is 1160. The predicted molar refractivity (Wildman–Crippen MR) is 102 cm³/mol. The molecule has 9 heteroatoms. The second-order valence-corrected chi connectivity index (χ2v) is 6.99. The molecule has 8 nitrogen and oxygen atoms in total. The van der Waals surface area contributed by atoms with Crippen LogP contribution < -0.4 is 5.56 Å². The lowest BCUT2D eigenvalue weighted by Crippen LogP contribution is -2.20. The molecule has 4 rings (SSSR count). The van der Waals surface area contributed by atoms with Gasteiger partial charge in [0.25, 0.3) is 5.56 Å². The van der Waals surface area contributed by atoms with Gasteiger partial charge in [-0.15, -0.1) is 10.2 Å². The van der Waals surface area contributed by atoms with E-state index in [9.17, 15) is 4.79 Å². The highest BCUT2D eigenvalue weighted by Crippen LogP contribution is 2.21. The third-order valence-electron chi connectivity index (χ3n) is 4.36. The monoisotopic (exact) mass is 415 g/mol. The first-order chi connectivity index (χ1) is 12.6. The third kappa shape index (κ3) is 2.72. The number of rotatable bonds is 5. The average molecular weight is 416 g/mol. The molecule has 0 bridgehead atoms. The maximum Gasteiger partial charge on any atom is 0.286 e. The van der Waals surface area contributed by atoms with Crippen LogP contribution in [0.25, 0.3) is 28.3 Å². The highest BCUT2D eigenvalue weighted by Gasteiger charge is 2.20. The van der Waals surface area contributed by atoms with Crippen molar-refractivity contribution >= 4 is 32.9 Å². The largest absolute Gasteiger partial charge is 0.327 e. The van der Waals surface area contributed by atoms with E-state index in [1.807, 2.05) is 23.6 Å². The zero-order valence-corrected chi connectivity index (χ0v) is 16.1. The maximum absolute atomic E-state index is 13.1. The van der Waals surface area contributed by atoms with E-state index in [2.05, 4.69) is 48.0 Å². The number of unbranched alkanes of at least 4 members (excludes halogenated alkanes) is 2. The van der Waals surface area contributed by atoms with Crippen LogP contribution in [0.5, 0.6) is 0 Å². The Morgan fingerprint density at radius 1 is 1.27 bits per heavy atom. The lowest BCUT2D eigenvalue weighted by molar-refractivity contribution is 0.612. The molecule has 0 aliphatic heterocycles. The Morgan fingerprint density at radius 3 is 2.88 bits per heavy atom. The van der Waals surface area contributed by atoms with Gasteiger partial charge in [-0.25, -0.2) is 9.38 Å². The van der Waals surface area contributed by atoms with Crippen LogP contribution in [0.4, 0.5) is 0 Å². The summed E-state index contributed by atoms with van der Waals surface area (Å²) in [6.45, 7) is 4.78. The summed E-state index contributed by atoms with van der Waals surface area (Å²) >= 11 is 3.34. The number of hydrogen-bond acceptors (Lipinski definition) is 5. The number of fused-ring (bicyclic) bond motifs is 2. The second-order valence-electron chi connectivity index (χ2n) is 6.24. The molecular weight excluding hydrogens is 398 g/mol. The highest BCUT2D eigenvalue weighted by atomic mass is 79.9. The maximum atomic E-state index is 13.1. The molecule has 0 saturated heterocycles. The van der Waals surface area contributed by atoms with E-state index in [1.165, 1.54) is 0 Å². The number of H-pyrrole nitrogens is 1. The minimum absolute atomic E-state index is 0.214. The van der Waals surface area contributed by atoms with E-state index in [0.717, 1.165) is 37.1 Å². The van der Waals surface area contributed by atoms with Crippen molar-refractivity contribution in [2.75, 3.05) is 0 Å². The summed E-state index contributed by atoms with van der Waals surface area (Å²) in [7, 11) is 0. The van der Waals surface area contributed by atoms with Crippen LogP contribution in [-0.4, -0.2) is 34.1 Å². The third-order valence-corrected chi connectivity index (χ3v) is 4.73. The van der Waals surface area contributed by atoms with Gasteiger partial charge >= 0.3 is 0 Å². The normalized spacial score (nSPS) is 11.7. The average Bonchev–Trinajstić information content (AvgIpc) is 3.22. The molecule has 1 N–H and O–H groups in total. The summed E-state index contributed by atoms with van der Waals surface area (Å²) in [5, 5.41) is 8.60. The first kappa shape index (κ1) is 16.9. The SMILES string of the molecule is CCCCCn1c2nc(Br)[nH]c2c(=O)n2c(-c3ccnc(C)c3)nnc12. The number of hydrogen-bond donors (Lipinski definition) is 1. The first-order valence-corrected chi connectivity index (χ1v) is 9.35. The number of imidazole rings is 1. The summed E-state index contributed by atoms with van der Waals surface area (Å²) in [6, 6.07) is 3.72. The molecule has 26 heavy (non-hydrogen) atoms. The van der Waals surface area contributed by atoms with Gasteiger partial charge in [0, 0.05) is 24.0 Å². The van der Waals surface area contributed by atoms with Crippen LogP contribution in [0, 0.1) is 6.92 Å². The molecule has 0 spiro atoms. The summed E-state index contributed by atoms with van der Waals surface area (Å²) in [5.41, 5.74) is 2.48. The summed E-state index contributed by atoms with van der Waals surface area (Å²) < 4.78 is 4.03. The van der Waals surface area contributed by atoms with E-state index in [1.54, 1.807) is 10.6 Å². The molecule has 0 aliphatic carbocycles. The molecule has 0 saturated carbocycles. The van der Waals surface area contributed by atoms with Crippen molar-refractivity contribution in [2.24, 2.45) is 0 Å². The smallest absolute Gasteiger partial charge is 0.286 e. The van der Waals surface area contributed by atoms with Gasteiger partial charge in [0.1, 0.15) is 0 Å². The van der Waals surface area contributed by atoms with Gasteiger partial charge in [-0.3, -0.25) is 14.3 Å². The van der Waals surface area contributed by atoms with E-state index in [0.29, 0.717) is 27.5 Å². The lowest BCUT2D eigenvalue weighted by Gasteiger charge is -2.09. The van der Waals surface area contributed by atoms with Crippen molar-refractivity contribution in [3.63, 3.8) is 0 Å². The van der Waals surface area contributed by atoms with Crippen molar-refractivity contribution in [3.8, 4) is 11.4 Å². The van der Waals surface area contributed by atoms with E-state index in [-0.39, 0.29) is 5.56 Å². The molecule has 4 aromatic heterocycles. The zero-order chi connectivity index (χ0) is 18.3. The van der Waals surface area contributed by atoms with E-state index in [4.69, 9.17) is 0 Å². The van der Waals surface area contributed by atoms with Crippen LogP contribution in [0.1, 0.15) is 31.9 Å². The number of aromatic amines is 1. The molecule has 0 fully saturated rings. The van der Waals surface area contributed by atoms with Gasteiger partial charge < -0.3 is 4.98 Å². The fraction of sp³-hybridized carbons (Fsp3) is 0.353. The van der Waals surface area contributed by atoms with Crippen LogP contribution in [0.2, 0.25) is 0 Å². The standard InChI is InChI=1S/C17H18BrN7O/c1-3-4-5-8-24-14-12(20-16(18)21-14)15(26)25-13(22-23-17(24)25)11-6-7-19-10(2)9-11/h6-7,9H,3-5,8H2,1-2H3,(H,20,21). The van der Waals surface area contributed by atoms with Gasteiger partial charge in [0.15, 0.2) is 21.7 Å². The zero-order valence-electron chi connectivity index (χ0n) is 14.5. The van der Waals surface area contributed by atoms with Crippen LogP contribution in [-0.2, 0) is 6.54 Å². The molecule has 0 atom stereocenters. The minimum atomic E-state index is -0.214. The fourth-order valence-electron chi connectivity index (χ4n) is 3.12. The molecule has 0 unspecified atom stereocenters. The predicted octanol–water partition coefficient (Wildman–Crippen LogP) is 3.09. The van der Waals surface area contributed by atoms with E-state index >= 15 is 0 Å². The minimum Gasteiger partial charge on any atom is -0.327 e. The van der Waals surface area contributed by atoms with Crippen molar-refractivity contribution in [2.45, 2.75) is 39.7 Å². The Labute approximate surface area is 157 Å². The molecule has 0 radical (unpaired) electrons. The summed E-state index contributed by atoms with van der Waals surface area (Å²) in [6.07, 6.45) is 4.88. The molecule has 4 aromatic rings. The van der Waals surface area contributed by atoms with Crippen LogP contribution >= 0.6 is 15.9 Å². The molecular formula is C17H18BrN7O. The number of halogens is 1. The highest BCUT2D eigenvalue weighted by molar-refractivity contribution is 9.10. The lowest BCUT2D eigenvalue weighted by atomic mass is 10.2. The van der Waals surface area contributed by atoms with Gasteiger partial charge in [-0.2, -0.15) is 0 Å². The number of nitrogens with one attached hydrogen (secondary N) is 1. The molecule has 134 valence electrons. The molecule has 0 amide bonds. The van der Waals surface area contributed by atoms with Crippen molar-refractivity contribution in [1.82, 2.24) is 34.1 Å².